The number of carbonyl (C=O) groups is 1. The minimum Gasteiger partial charge on any atom is -0.347 e. The molecule has 1 aliphatic rings. The van der Waals surface area contributed by atoms with E-state index >= 15 is 4.39 Å². The molecule has 0 saturated carbocycles. The zero-order valence-electron chi connectivity index (χ0n) is 20.6. The molecule has 1 saturated heterocycles. The van der Waals surface area contributed by atoms with Gasteiger partial charge < -0.3 is 5.32 Å². The fourth-order valence-corrected chi connectivity index (χ4v) is 6.23. The minimum absolute atomic E-state index is 0.109. The smallest absolute Gasteiger partial charge is 0.258 e. The third kappa shape index (κ3) is 6.29. The van der Waals surface area contributed by atoms with Gasteiger partial charge in [0, 0.05) is 49.2 Å². The number of nitrogens with one attached hydrogen (secondary N) is 1. The quantitative estimate of drug-likeness (QED) is 0.554. The number of hydrogen-bond acceptors (Lipinski definition) is 5. The van der Waals surface area contributed by atoms with E-state index in [0.717, 1.165) is 28.4 Å². The molecule has 2 aromatic carbocycles. The van der Waals surface area contributed by atoms with Gasteiger partial charge in [0.2, 0.25) is 10.0 Å². The van der Waals surface area contributed by atoms with Gasteiger partial charge in [-0.1, -0.05) is 49.1 Å². The molecular weight excluding hydrogens is 503 g/mol. The van der Waals surface area contributed by atoms with Crippen LogP contribution in [0.25, 0.3) is 17.2 Å². The van der Waals surface area contributed by atoms with Crippen LogP contribution in [0.2, 0.25) is 0 Å². The predicted octanol–water partition coefficient (Wildman–Crippen LogP) is 3.86. The summed E-state index contributed by atoms with van der Waals surface area (Å²) in [5.74, 6) is -0.888. The number of nitrogens with zero attached hydrogens (tertiary/aromatic N) is 1. The van der Waals surface area contributed by atoms with Crippen LogP contribution in [0.1, 0.15) is 30.9 Å². The Balaban J connectivity index is 1.82. The molecule has 3 rings (SSSR count). The number of piperidine rings is 1. The number of hydrogen-bond donors (Lipinski definition) is 1. The highest BCUT2D eigenvalue weighted by atomic mass is 32.2. The number of amides is 1. The molecule has 1 fully saturated rings. The molecule has 0 radical (unpaired) electrons. The Labute approximate surface area is 212 Å². The van der Waals surface area contributed by atoms with Gasteiger partial charge in [-0.3, -0.25) is 4.79 Å². The van der Waals surface area contributed by atoms with Crippen molar-refractivity contribution in [3.05, 3.63) is 71.7 Å². The number of sulfone groups is 1. The summed E-state index contributed by atoms with van der Waals surface area (Å²) in [6.07, 6.45) is 3.29. The molecule has 1 N–H and O–H groups in total. The summed E-state index contributed by atoms with van der Waals surface area (Å²) in [6.45, 7) is 6.86. The summed E-state index contributed by atoms with van der Waals surface area (Å²) in [6, 6.07) is 11.7. The largest absolute Gasteiger partial charge is 0.347 e. The van der Waals surface area contributed by atoms with Crippen molar-refractivity contribution in [3.63, 3.8) is 0 Å². The second-order valence-electron chi connectivity index (χ2n) is 9.06. The molecule has 0 bridgehead atoms. The van der Waals surface area contributed by atoms with Gasteiger partial charge in [-0.15, -0.1) is 0 Å². The third-order valence-corrected chi connectivity index (χ3v) is 8.80. The predicted molar refractivity (Wildman–Crippen MR) is 140 cm³/mol. The van der Waals surface area contributed by atoms with Crippen LogP contribution in [0.3, 0.4) is 0 Å². The van der Waals surface area contributed by atoms with E-state index in [2.05, 4.69) is 11.9 Å². The lowest BCUT2D eigenvalue weighted by atomic mass is 9.93. The number of benzene rings is 2. The first-order valence-electron chi connectivity index (χ1n) is 11.5. The average Bonchev–Trinajstić information content (AvgIpc) is 2.82. The van der Waals surface area contributed by atoms with Gasteiger partial charge in [0.05, 0.1) is 4.90 Å². The van der Waals surface area contributed by atoms with Gasteiger partial charge in [-0.2, -0.15) is 4.31 Å². The van der Waals surface area contributed by atoms with E-state index < -0.39 is 37.5 Å². The van der Waals surface area contributed by atoms with Crippen LogP contribution in [0, 0.1) is 6.92 Å². The molecule has 2 aromatic rings. The molecule has 1 aliphatic heterocycles. The van der Waals surface area contributed by atoms with Crippen LogP contribution in [0.5, 0.6) is 0 Å². The topological polar surface area (TPSA) is 101 Å². The summed E-state index contributed by atoms with van der Waals surface area (Å²) in [4.78, 5) is 12.7. The zero-order valence-corrected chi connectivity index (χ0v) is 22.2. The first-order valence-corrected chi connectivity index (χ1v) is 14.9. The standard InChI is InChI=1S/C26H31FN2O5S2/c1-5-21-10-11-24(23(18-21)22-9-7-6-8-19(22)2)36(33,34)29-15-13-26(27,14-16-29)25(30)28-20(3)12-17-35(4,31)32/h5-12,17-18,20H,1,13-16H2,2-4H3,(H,28,30)/b17-12-/t20-/m1/s1. The molecule has 36 heavy (non-hydrogen) atoms. The zero-order chi connectivity index (χ0) is 26.7. The summed E-state index contributed by atoms with van der Waals surface area (Å²) >= 11 is 0. The lowest BCUT2D eigenvalue weighted by molar-refractivity contribution is -0.135. The van der Waals surface area contributed by atoms with Crippen molar-refractivity contribution in [1.29, 1.82) is 0 Å². The average molecular weight is 535 g/mol. The van der Waals surface area contributed by atoms with E-state index in [1.165, 1.54) is 23.4 Å². The van der Waals surface area contributed by atoms with E-state index in [1.807, 2.05) is 31.2 Å². The Bertz CT molecular complexity index is 1390. The third-order valence-electron chi connectivity index (χ3n) is 6.19. The second kappa shape index (κ2) is 10.7. The number of carbonyl (C=O) groups excluding carboxylic acids is 1. The normalized spacial score (nSPS) is 17.6. The molecule has 194 valence electrons. The lowest BCUT2D eigenvalue weighted by Crippen LogP contribution is -2.53. The van der Waals surface area contributed by atoms with Gasteiger partial charge >= 0.3 is 0 Å². The van der Waals surface area contributed by atoms with Crippen molar-refractivity contribution in [1.82, 2.24) is 9.62 Å². The van der Waals surface area contributed by atoms with E-state index in [9.17, 15) is 21.6 Å². The van der Waals surface area contributed by atoms with Gasteiger partial charge in [0.25, 0.3) is 5.91 Å². The molecule has 0 spiro atoms. The van der Waals surface area contributed by atoms with E-state index in [-0.39, 0.29) is 30.8 Å². The van der Waals surface area contributed by atoms with Crippen LogP contribution < -0.4 is 5.32 Å². The first kappa shape index (κ1) is 27.8. The summed E-state index contributed by atoms with van der Waals surface area (Å²) in [5.41, 5.74) is 0.723. The first-order chi connectivity index (χ1) is 16.8. The van der Waals surface area contributed by atoms with Gasteiger partial charge in [-0.05, 0) is 42.7 Å². The Hall–Kier alpha value is -2.82. The molecule has 1 atom stereocenters. The molecule has 7 nitrogen and oxygen atoms in total. The highest BCUT2D eigenvalue weighted by Gasteiger charge is 2.44. The number of aryl methyl sites for hydroxylation is 1. The Morgan fingerprint density at radius 2 is 1.75 bits per heavy atom. The van der Waals surface area contributed by atoms with Gasteiger partial charge in [0.15, 0.2) is 15.5 Å². The highest BCUT2D eigenvalue weighted by Crippen LogP contribution is 2.35. The van der Waals surface area contributed by atoms with Gasteiger partial charge in [0.1, 0.15) is 0 Å². The van der Waals surface area contributed by atoms with E-state index in [0.29, 0.717) is 5.56 Å². The van der Waals surface area contributed by atoms with Crippen LogP contribution in [-0.2, 0) is 24.7 Å². The van der Waals surface area contributed by atoms with E-state index in [4.69, 9.17) is 0 Å². The van der Waals surface area contributed by atoms with Crippen LogP contribution in [-0.4, -0.2) is 58.1 Å². The highest BCUT2D eigenvalue weighted by molar-refractivity contribution is 7.93. The van der Waals surface area contributed by atoms with Crippen molar-refractivity contribution in [2.75, 3.05) is 19.3 Å². The molecular formula is C26H31FN2O5S2. The van der Waals surface area contributed by atoms with Gasteiger partial charge in [-0.25, -0.2) is 21.2 Å². The Kier molecular flexibility index (Phi) is 8.22. The van der Waals surface area contributed by atoms with Crippen LogP contribution >= 0.6 is 0 Å². The van der Waals surface area contributed by atoms with Crippen molar-refractivity contribution in [2.45, 2.75) is 43.3 Å². The number of sulfonamides is 1. The fraction of sp³-hybridized carbons (Fsp3) is 0.346. The maximum absolute atomic E-state index is 15.5. The van der Waals surface area contributed by atoms with Crippen LogP contribution in [0.4, 0.5) is 4.39 Å². The molecule has 10 heteroatoms. The maximum atomic E-state index is 15.5. The van der Waals surface area contributed by atoms with Crippen molar-refractivity contribution < 1.29 is 26.0 Å². The number of alkyl halides is 1. The SMILES string of the molecule is C=Cc1ccc(S(=O)(=O)N2CCC(F)(C(=O)N[C@H](C)/C=C\S(C)(=O)=O)CC2)c(-c2ccccc2C)c1. The number of halogens is 1. The fourth-order valence-electron chi connectivity index (χ4n) is 4.08. The minimum atomic E-state index is -3.98. The molecule has 1 amide bonds. The molecule has 1 heterocycles. The van der Waals surface area contributed by atoms with Crippen molar-refractivity contribution in [2.24, 2.45) is 0 Å². The molecule has 0 aromatic heterocycles. The Morgan fingerprint density at radius 1 is 1.11 bits per heavy atom. The van der Waals surface area contributed by atoms with Crippen LogP contribution in [0.15, 0.2) is 65.4 Å². The maximum Gasteiger partial charge on any atom is 0.258 e. The van der Waals surface area contributed by atoms with E-state index in [1.54, 1.807) is 18.2 Å². The summed E-state index contributed by atoms with van der Waals surface area (Å²) < 4.78 is 66.5. The Morgan fingerprint density at radius 3 is 2.33 bits per heavy atom. The lowest BCUT2D eigenvalue weighted by Gasteiger charge is -2.35. The molecule has 0 unspecified atom stereocenters. The second-order valence-corrected chi connectivity index (χ2v) is 12.9. The summed E-state index contributed by atoms with van der Waals surface area (Å²) in [7, 11) is -7.36. The molecule has 0 aliphatic carbocycles. The summed E-state index contributed by atoms with van der Waals surface area (Å²) in [5, 5.41) is 3.40. The monoisotopic (exact) mass is 534 g/mol. The van der Waals surface area contributed by atoms with Crippen molar-refractivity contribution in [3.8, 4) is 11.1 Å². The van der Waals surface area contributed by atoms with Crippen molar-refractivity contribution >= 4 is 31.8 Å². The number of rotatable bonds is 8.